The standard InChI is InChI=1S/C14H11BrClFO2/c1-19-13-5-3-9(17)7-11(13)14(18)10-4-2-8(15)6-12(10)16/h2-7,14,18H,1H3. The average Bonchev–Trinajstić information content (AvgIpc) is 2.38. The number of rotatable bonds is 3. The Morgan fingerprint density at radius 3 is 2.58 bits per heavy atom. The first-order valence-electron chi connectivity index (χ1n) is 5.49. The molecule has 2 rings (SSSR count). The van der Waals surface area contributed by atoms with Crippen molar-refractivity contribution in [2.45, 2.75) is 6.10 Å². The van der Waals surface area contributed by atoms with Crippen LogP contribution in [0, 0.1) is 5.82 Å². The number of ether oxygens (including phenoxy) is 1. The molecule has 0 fully saturated rings. The molecular weight excluding hydrogens is 335 g/mol. The summed E-state index contributed by atoms with van der Waals surface area (Å²) < 4.78 is 19.2. The average molecular weight is 346 g/mol. The Morgan fingerprint density at radius 1 is 1.21 bits per heavy atom. The topological polar surface area (TPSA) is 29.5 Å². The second-order valence-corrected chi connectivity index (χ2v) is 5.28. The SMILES string of the molecule is COc1ccc(F)cc1C(O)c1ccc(Br)cc1Cl. The van der Waals surface area contributed by atoms with Gasteiger partial charge in [-0.15, -0.1) is 0 Å². The third-order valence-electron chi connectivity index (χ3n) is 2.74. The molecule has 0 aliphatic rings. The van der Waals surface area contributed by atoms with Crippen molar-refractivity contribution in [3.63, 3.8) is 0 Å². The van der Waals surface area contributed by atoms with Gasteiger partial charge in [0.2, 0.25) is 0 Å². The second-order valence-electron chi connectivity index (χ2n) is 3.95. The zero-order chi connectivity index (χ0) is 14.0. The minimum atomic E-state index is -1.05. The van der Waals surface area contributed by atoms with Gasteiger partial charge in [0.05, 0.1) is 7.11 Å². The molecule has 0 saturated carbocycles. The maximum absolute atomic E-state index is 13.3. The number of halogens is 3. The molecule has 2 aromatic rings. The lowest BCUT2D eigenvalue weighted by Crippen LogP contribution is -2.03. The molecule has 1 unspecified atom stereocenters. The van der Waals surface area contributed by atoms with Crippen LogP contribution in [0.3, 0.4) is 0 Å². The molecule has 0 bridgehead atoms. The third-order valence-corrected chi connectivity index (χ3v) is 3.56. The van der Waals surface area contributed by atoms with Crippen LogP contribution in [-0.2, 0) is 0 Å². The fraction of sp³-hybridized carbons (Fsp3) is 0.143. The second kappa shape index (κ2) is 5.90. The Bertz CT molecular complexity index is 604. The Hall–Kier alpha value is -1.10. The lowest BCUT2D eigenvalue weighted by Gasteiger charge is -2.16. The van der Waals surface area contributed by atoms with Crippen LogP contribution >= 0.6 is 27.5 Å². The number of benzene rings is 2. The highest BCUT2D eigenvalue weighted by Crippen LogP contribution is 2.35. The molecule has 0 aliphatic carbocycles. The number of aliphatic hydroxyl groups excluding tert-OH is 1. The molecule has 1 N–H and O–H groups in total. The van der Waals surface area contributed by atoms with E-state index in [2.05, 4.69) is 15.9 Å². The van der Waals surface area contributed by atoms with Crippen molar-refractivity contribution in [3.05, 3.63) is 62.8 Å². The molecule has 1 atom stereocenters. The van der Waals surface area contributed by atoms with Crippen LogP contribution in [0.2, 0.25) is 5.02 Å². The first-order valence-corrected chi connectivity index (χ1v) is 6.66. The van der Waals surface area contributed by atoms with Gasteiger partial charge in [-0.25, -0.2) is 4.39 Å². The zero-order valence-electron chi connectivity index (χ0n) is 10.0. The lowest BCUT2D eigenvalue weighted by atomic mass is 10.0. The monoisotopic (exact) mass is 344 g/mol. The molecule has 0 spiro atoms. The molecule has 0 amide bonds. The summed E-state index contributed by atoms with van der Waals surface area (Å²) in [7, 11) is 1.46. The Labute approximate surface area is 123 Å². The van der Waals surface area contributed by atoms with Gasteiger partial charge in [0.25, 0.3) is 0 Å². The van der Waals surface area contributed by atoms with E-state index < -0.39 is 11.9 Å². The maximum atomic E-state index is 13.3. The highest BCUT2D eigenvalue weighted by molar-refractivity contribution is 9.10. The van der Waals surface area contributed by atoms with Crippen LogP contribution in [0.5, 0.6) is 5.75 Å². The van der Waals surface area contributed by atoms with E-state index in [4.69, 9.17) is 16.3 Å². The highest BCUT2D eigenvalue weighted by Gasteiger charge is 2.19. The third kappa shape index (κ3) is 3.08. The van der Waals surface area contributed by atoms with E-state index in [1.54, 1.807) is 18.2 Å². The van der Waals surface area contributed by atoms with Gasteiger partial charge in [-0.2, -0.15) is 0 Å². The molecule has 100 valence electrons. The first-order chi connectivity index (χ1) is 9.02. The van der Waals surface area contributed by atoms with E-state index in [1.165, 1.54) is 25.3 Å². The maximum Gasteiger partial charge on any atom is 0.125 e. The Kier molecular flexibility index (Phi) is 4.45. The smallest absolute Gasteiger partial charge is 0.125 e. The first kappa shape index (κ1) is 14.3. The van der Waals surface area contributed by atoms with Crippen molar-refractivity contribution in [2.75, 3.05) is 7.11 Å². The van der Waals surface area contributed by atoms with E-state index >= 15 is 0 Å². The quantitative estimate of drug-likeness (QED) is 0.897. The Balaban J connectivity index is 2.49. The highest BCUT2D eigenvalue weighted by atomic mass is 79.9. The summed E-state index contributed by atoms with van der Waals surface area (Å²) in [6.07, 6.45) is -1.05. The van der Waals surface area contributed by atoms with Gasteiger partial charge < -0.3 is 9.84 Å². The fourth-order valence-electron chi connectivity index (χ4n) is 1.81. The molecule has 0 heterocycles. The molecule has 0 saturated heterocycles. The normalized spacial score (nSPS) is 12.3. The zero-order valence-corrected chi connectivity index (χ0v) is 12.4. The van der Waals surface area contributed by atoms with Gasteiger partial charge in [0, 0.05) is 20.6 Å². The summed E-state index contributed by atoms with van der Waals surface area (Å²) in [6, 6.07) is 9.10. The van der Waals surface area contributed by atoms with Crippen molar-refractivity contribution in [2.24, 2.45) is 0 Å². The van der Waals surface area contributed by atoms with E-state index in [1.807, 2.05) is 0 Å². The van der Waals surface area contributed by atoms with E-state index in [0.717, 1.165) is 4.47 Å². The van der Waals surface area contributed by atoms with Crippen molar-refractivity contribution >= 4 is 27.5 Å². The van der Waals surface area contributed by atoms with Gasteiger partial charge in [-0.3, -0.25) is 0 Å². The van der Waals surface area contributed by atoms with Gasteiger partial charge in [-0.05, 0) is 30.3 Å². The largest absolute Gasteiger partial charge is 0.496 e. The summed E-state index contributed by atoms with van der Waals surface area (Å²) in [4.78, 5) is 0. The molecular formula is C14H11BrClFO2. The summed E-state index contributed by atoms with van der Waals surface area (Å²) >= 11 is 9.38. The number of methoxy groups -OCH3 is 1. The van der Waals surface area contributed by atoms with E-state index in [0.29, 0.717) is 21.9 Å². The van der Waals surface area contributed by atoms with Crippen molar-refractivity contribution in [1.82, 2.24) is 0 Å². The van der Waals surface area contributed by atoms with Gasteiger partial charge in [0.1, 0.15) is 17.7 Å². The molecule has 2 nitrogen and oxygen atoms in total. The van der Waals surface area contributed by atoms with Gasteiger partial charge in [0.15, 0.2) is 0 Å². The van der Waals surface area contributed by atoms with Crippen LogP contribution in [0.4, 0.5) is 4.39 Å². The van der Waals surface area contributed by atoms with Gasteiger partial charge in [-0.1, -0.05) is 33.6 Å². The fourth-order valence-corrected chi connectivity index (χ4v) is 2.59. The summed E-state index contributed by atoms with van der Waals surface area (Å²) in [5.74, 6) is -0.0315. The molecule has 0 radical (unpaired) electrons. The van der Waals surface area contributed by atoms with Crippen LogP contribution < -0.4 is 4.74 Å². The van der Waals surface area contributed by atoms with Gasteiger partial charge >= 0.3 is 0 Å². The Morgan fingerprint density at radius 2 is 1.95 bits per heavy atom. The number of aliphatic hydroxyl groups is 1. The minimum absolute atomic E-state index is 0.340. The number of hydrogen-bond donors (Lipinski definition) is 1. The summed E-state index contributed by atoms with van der Waals surface area (Å²) in [5.41, 5.74) is 0.834. The van der Waals surface area contributed by atoms with Crippen LogP contribution in [-0.4, -0.2) is 12.2 Å². The summed E-state index contributed by atoms with van der Waals surface area (Å²) in [6.45, 7) is 0. The van der Waals surface area contributed by atoms with E-state index in [9.17, 15) is 9.50 Å². The molecule has 0 aliphatic heterocycles. The van der Waals surface area contributed by atoms with E-state index in [-0.39, 0.29) is 0 Å². The number of hydrogen-bond acceptors (Lipinski definition) is 2. The molecule has 0 aromatic heterocycles. The van der Waals surface area contributed by atoms with Crippen molar-refractivity contribution in [3.8, 4) is 5.75 Å². The molecule has 19 heavy (non-hydrogen) atoms. The molecule has 5 heteroatoms. The van der Waals surface area contributed by atoms with Crippen LogP contribution in [0.25, 0.3) is 0 Å². The van der Waals surface area contributed by atoms with Crippen molar-refractivity contribution in [1.29, 1.82) is 0 Å². The minimum Gasteiger partial charge on any atom is -0.496 e. The molecule has 2 aromatic carbocycles. The van der Waals surface area contributed by atoms with Crippen LogP contribution in [0.15, 0.2) is 40.9 Å². The summed E-state index contributed by atoms with van der Waals surface area (Å²) in [5, 5.41) is 10.8. The lowest BCUT2D eigenvalue weighted by molar-refractivity contribution is 0.214. The van der Waals surface area contributed by atoms with Crippen LogP contribution in [0.1, 0.15) is 17.2 Å². The predicted octanol–water partition coefficient (Wildman–Crippen LogP) is 4.33. The predicted molar refractivity (Wildman–Crippen MR) is 76.2 cm³/mol. The van der Waals surface area contributed by atoms with Crippen molar-refractivity contribution < 1.29 is 14.2 Å².